The van der Waals surface area contributed by atoms with Gasteiger partial charge >= 0.3 is 0 Å². The summed E-state index contributed by atoms with van der Waals surface area (Å²) in [6, 6.07) is 2.00. The number of carbonyl (C=O) groups excluding carboxylic acids is 1. The maximum atomic E-state index is 12.1. The molecule has 1 aromatic rings. The minimum atomic E-state index is 0.262. The fourth-order valence-electron chi connectivity index (χ4n) is 2.24. The van der Waals surface area contributed by atoms with Crippen molar-refractivity contribution in [3.05, 3.63) is 10.9 Å². The summed E-state index contributed by atoms with van der Waals surface area (Å²) in [4.78, 5) is 15.3. The minimum Gasteiger partial charge on any atom is -0.397 e. The van der Waals surface area contributed by atoms with Crippen LogP contribution in [0.1, 0.15) is 28.9 Å². The lowest BCUT2D eigenvalue weighted by Crippen LogP contribution is -2.24. The second-order valence-electron chi connectivity index (χ2n) is 4.96. The smallest absolute Gasteiger partial charge is 0.178 e. The van der Waals surface area contributed by atoms with Crippen LogP contribution in [0.15, 0.2) is 6.07 Å². The van der Waals surface area contributed by atoms with Crippen LogP contribution in [0.4, 0.5) is 10.7 Å². The molecule has 5 heteroatoms. The van der Waals surface area contributed by atoms with Crippen LogP contribution in [0, 0.1) is 5.92 Å². The predicted molar refractivity (Wildman–Crippen MR) is 79.9 cm³/mol. The van der Waals surface area contributed by atoms with Gasteiger partial charge in [-0.2, -0.15) is 11.8 Å². The Hall–Kier alpha value is -0.680. The number of Topliss-reactive ketones (excluding diaryl/α,β-unsaturated/α-hetero) is 1. The van der Waals surface area contributed by atoms with E-state index in [0.717, 1.165) is 30.8 Å². The van der Waals surface area contributed by atoms with Crippen LogP contribution in [0.5, 0.6) is 0 Å². The van der Waals surface area contributed by atoms with Crippen LogP contribution in [-0.2, 0) is 0 Å². The van der Waals surface area contributed by atoms with E-state index in [1.165, 1.54) is 22.9 Å². The van der Waals surface area contributed by atoms with Crippen molar-refractivity contribution in [3.8, 4) is 0 Å². The first kappa shape index (κ1) is 12.4. The summed E-state index contributed by atoms with van der Waals surface area (Å²) in [7, 11) is 0. The number of nitrogens with two attached hydrogens (primary N) is 1. The van der Waals surface area contributed by atoms with Crippen LogP contribution in [0.25, 0.3) is 0 Å². The van der Waals surface area contributed by atoms with Crippen molar-refractivity contribution < 1.29 is 4.79 Å². The topological polar surface area (TPSA) is 46.3 Å². The third-order valence-electron chi connectivity index (χ3n) is 3.45. The van der Waals surface area contributed by atoms with E-state index in [2.05, 4.69) is 4.90 Å². The Balaban J connectivity index is 1.79. The molecule has 1 saturated heterocycles. The summed E-state index contributed by atoms with van der Waals surface area (Å²) in [6.45, 7) is 2.16. The third-order valence-corrected chi connectivity index (χ3v) is 5.73. The summed E-state index contributed by atoms with van der Waals surface area (Å²) in [5, 5.41) is 1.18. The molecule has 2 fully saturated rings. The van der Waals surface area contributed by atoms with Crippen LogP contribution in [0.3, 0.4) is 0 Å². The standard InChI is InChI=1S/C13H18N2OS2/c14-10-8-11(15-4-1-6-17-7-5-15)18-13(10)12(16)9-2-3-9/h8-9H,1-7,14H2. The Morgan fingerprint density at radius 2 is 2.17 bits per heavy atom. The van der Waals surface area contributed by atoms with E-state index >= 15 is 0 Å². The molecule has 0 amide bonds. The fourth-order valence-corrected chi connectivity index (χ4v) is 4.27. The first-order chi connectivity index (χ1) is 8.75. The maximum absolute atomic E-state index is 12.1. The van der Waals surface area contributed by atoms with Gasteiger partial charge in [0.25, 0.3) is 0 Å². The number of ketones is 1. The molecule has 3 nitrogen and oxygen atoms in total. The Morgan fingerprint density at radius 1 is 1.33 bits per heavy atom. The third kappa shape index (κ3) is 2.52. The lowest BCUT2D eigenvalue weighted by molar-refractivity contribution is 0.0972. The second-order valence-corrected chi connectivity index (χ2v) is 7.22. The predicted octanol–water partition coefficient (Wildman–Crippen LogP) is 2.87. The molecule has 18 heavy (non-hydrogen) atoms. The van der Waals surface area contributed by atoms with E-state index in [0.29, 0.717) is 5.69 Å². The van der Waals surface area contributed by atoms with Crippen molar-refractivity contribution in [2.75, 3.05) is 35.2 Å². The maximum Gasteiger partial charge on any atom is 0.178 e. The zero-order chi connectivity index (χ0) is 12.5. The molecule has 0 unspecified atom stereocenters. The van der Waals surface area contributed by atoms with Crippen LogP contribution in [0.2, 0.25) is 0 Å². The number of nitrogens with zero attached hydrogens (tertiary/aromatic N) is 1. The van der Waals surface area contributed by atoms with Gasteiger partial charge in [0.1, 0.15) is 0 Å². The van der Waals surface area contributed by atoms with Crippen molar-refractivity contribution in [2.45, 2.75) is 19.3 Å². The van der Waals surface area contributed by atoms with Gasteiger partial charge in [0.15, 0.2) is 5.78 Å². The number of thioether (sulfide) groups is 1. The molecule has 1 saturated carbocycles. The Bertz CT molecular complexity index is 446. The summed E-state index contributed by atoms with van der Waals surface area (Å²) in [6.07, 6.45) is 3.31. The van der Waals surface area contributed by atoms with Crippen molar-refractivity contribution in [1.29, 1.82) is 0 Å². The van der Waals surface area contributed by atoms with E-state index in [1.807, 2.05) is 17.8 Å². The first-order valence-electron chi connectivity index (χ1n) is 6.52. The van der Waals surface area contributed by atoms with Gasteiger partial charge in [-0.15, -0.1) is 11.3 Å². The molecule has 2 N–H and O–H groups in total. The molecule has 0 aromatic carbocycles. The number of nitrogen functional groups attached to an aromatic ring is 1. The molecule has 3 rings (SSSR count). The summed E-state index contributed by atoms with van der Waals surface area (Å²) >= 11 is 3.60. The van der Waals surface area contributed by atoms with Crippen molar-refractivity contribution in [2.24, 2.45) is 5.92 Å². The van der Waals surface area contributed by atoms with E-state index in [4.69, 9.17) is 5.73 Å². The van der Waals surface area contributed by atoms with Gasteiger partial charge in [-0.1, -0.05) is 0 Å². The number of rotatable bonds is 3. The average molecular weight is 282 g/mol. The largest absolute Gasteiger partial charge is 0.397 e. The molecule has 98 valence electrons. The highest BCUT2D eigenvalue weighted by Crippen LogP contribution is 2.40. The zero-order valence-electron chi connectivity index (χ0n) is 10.4. The van der Waals surface area contributed by atoms with Crippen molar-refractivity contribution in [1.82, 2.24) is 0 Å². The Morgan fingerprint density at radius 3 is 2.94 bits per heavy atom. The van der Waals surface area contributed by atoms with Gasteiger partial charge in [-0.25, -0.2) is 0 Å². The van der Waals surface area contributed by atoms with Gasteiger partial charge < -0.3 is 10.6 Å². The number of hydrogen-bond donors (Lipinski definition) is 1. The average Bonchev–Trinajstić information content (AvgIpc) is 3.16. The van der Waals surface area contributed by atoms with Gasteiger partial charge in [0, 0.05) is 24.8 Å². The SMILES string of the molecule is Nc1cc(N2CCCSCC2)sc1C(=O)C1CC1. The number of carbonyl (C=O) groups is 1. The van der Waals surface area contributed by atoms with Crippen molar-refractivity contribution in [3.63, 3.8) is 0 Å². The van der Waals surface area contributed by atoms with E-state index in [1.54, 1.807) is 11.3 Å². The minimum absolute atomic E-state index is 0.262. The molecule has 1 aliphatic carbocycles. The van der Waals surface area contributed by atoms with Crippen LogP contribution >= 0.6 is 23.1 Å². The highest BCUT2D eigenvalue weighted by Gasteiger charge is 2.33. The highest BCUT2D eigenvalue weighted by atomic mass is 32.2. The monoisotopic (exact) mass is 282 g/mol. The molecular formula is C13H18N2OS2. The zero-order valence-corrected chi connectivity index (χ0v) is 12.0. The molecule has 0 atom stereocenters. The van der Waals surface area contributed by atoms with Gasteiger partial charge in [-0.05, 0) is 31.1 Å². The molecule has 1 aliphatic heterocycles. The lowest BCUT2D eigenvalue weighted by atomic mass is 10.2. The highest BCUT2D eigenvalue weighted by molar-refractivity contribution is 7.99. The van der Waals surface area contributed by atoms with E-state index in [-0.39, 0.29) is 11.7 Å². The fraction of sp³-hybridized carbons (Fsp3) is 0.615. The second kappa shape index (κ2) is 5.13. The molecule has 0 radical (unpaired) electrons. The summed E-state index contributed by atoms with van der Waals surface area (Å²) < 4.78 is 0. The molecule has 2 heterocycles. The molecular weight excluding hydrogens is 264 g/mol. The molecule has 1 aromatic heterocycles. The number of thiophene rings is 1. The van der Waals surface area contributed by atoms with Gasteiger partial charge in [0.05, 0.1) is 15.6 Å². The first-order valence-corrected chi connectivity index (χ1v) is 8.49. The summed E-state index contributed by atoms with van der Waals surface area (Å²) in [5.41, 5.74) is 6.70. The quantitative estimate of drug-likeness (QED) is 0.866. The lowest BCUT2D eigenvalue weighted by Gasteiger charge is -2.19. The van der Waals surface area contributed by atoms with Gasteiger partial charge in [-0.3, -0.25) is 4.79 Å². The van der Waals surface area contributed by atoms with E-state index < -0.39 is 0 Å². The Kier molecular flexibility index (Phi) is 3.52. The number of anilines is 2. The number of hydrogen-bond acceptors (Lipinski definition) is 5. The molecule has 0 spiro atoms. The van der Waals surface area contributed by atoms with E-state index in [9.17, 15) is 4.79 Å². The molecule has 2 aliphatic rings. The van der Waals surface area contributed by atoms with Crippen LogP contribution < -0.4 is 10.6 Å². The Labute approximate surface area is 116 Å². The normalized spacial score (nSPS) is 20.8. The van der Waals surface area contributed by atoms with Gasteiger partial charge in [0.2, 0.25) is 0 Å². The van der Waals surface area contributed by atoms with Crippen LogP contribution in [-0.4, -0.2) is 30.4 Å². The van der Waals surface area contributed by atoms with Crippen molar-refractivity contribution >= 4 is 39.6 Å². The molecule has 0 bridgehead atoms. The summed E-state index contributed by atoms with van der Waals surface area (Å²) in [5.74, 6) is 2.95.